The molecule has 0 unspecified atom stereocenters. The van der Waals surface area contributed by atoms with E-state index in [1.807, 2.05) is 17.2 Å². The summed E-state index contributed by atoms with van der Waals surface area (Å²) >= 11 is 0. The average Bonchev–Trinajstić information content (AvgIpc) is 2.69. The fraction of sp³-hybridized carbons (Fsp3) is 0.300. The van der Waals surface area contributed by atoms with Crippen molar-refractivity contribution in [3.8, 4) is 0 Å². The number of carbonyl (C=O) groups is 1. The van der Waals surface area contributed by atoms with E-state index in [0.29, 0.717) is 11.6 Å². The van der Waals surface area contributed by atoms with Gasteiger partial charge >= 0.3 is 0 Å². The molecule has 0 radical (unpaired) electrons. The van der Waals surface area contributed by atoms with Crippen molar-refractivity contribution in [1.29, 1.82) is 0 Å². The Morgan fingerprint density at radius 3 is 2.64 bits per heavy atom. The second kappa shape index (κ2) is 6.97. The van der Waals surface area contributed by atoms with Gasteiger partial charge in [0.25, 0.3) is 5.91 Å². The van der Waals surface area contributed by atoms with Crippen LogP contribution in [0.3, 0.4) is 0 Å². The molecule has 0 spiro atoms. The monoisotopic (exact) mass is 332 g/mol. The molecule has 0 aliphatic carbocycles. The Hall–Kier alpha value is -2.82. The minimum absolute atomic E-state index is 0.0154. The van der Waals surface area contributed by atoms with Crippen LogP contribution in [0.15, 0.2) is 54.9 Å². The number of aromatic nitrogens is 3. The number of para-hydroxylation sites is 1. The van der Waals surface area contributed by atoms with E-state index in [1.54, 1.807) is 18.3 Å². The molecule has 2 aromatic heterocycles. The zero-order valence-electron chi connectivity index (χ0n) is 14.0. The molecule has 25 heavy (non-hydrogen) atoms. The number of hydrogen-bond donors (Lipinski definition) is 0. The van der Waals surface area contributed by atoms with Gasteiger partial charge in [0.2, 0.25) is 0 Å². The van der Waals surface area contributed by atoms with Crippen LogP contribution in [0.2, 0.25) is 0 Å². The molecule has 1 aliphatic heterocycles. The van der Waals surface area contributed by atoms with Crippen LogP contribution < -0.4 is 0 Å². The van der Waals surface area contributed by atoms with Crippen molar-refractivity contribution in [3.05, 3.63) is 66.1 Å². The summed E-state index contributed by atoms with van der Waals surface area (Å²) in [5.74, 6) is 0.567. The zero-order chi connectivity index (χ0) is 17.1. The number of rotatable bonds is 3. The Bertz CT molecular complexity index is 868. The van der Waals surface area contributed by atoms with Gasteiger partial charge in [0.15, 0.2) is 5.69 Å². The molecule has 1 aromatic carbocycles. The second-order valence-corrected chi connectivity index (χ2v) is 6.54. The Morgan fingerprint density at radius 2 is 1.84 bits per heavy atom. The number of carbonyl (C=O) groups excluding carboxylic acids is 1. The molecule has 0 saturated carbocycles. The second-order valence-electron chi connectivity index (χ2n) is 6.54. The summed E-state index contributed by atoms with van der Waals surface area (Å²) in [6.45, 7) is 1.55. The third-order valence-corrected chi connectivity index (χ3v) is 4.92. The van der Waals surface area contributed by atoms with E-state index in [1.165, 1.54) is 10.9 Å². The molecule has 3 heterocycles. The minimum atomic E-state index is -0.0154. The number of hydrogen-bond acceptors (Lipinski definition) is 4. The van der Waals surface area contributed by atoms with Crippen LogP contribution in [0.4, 0.5) is 0 Å². The normalized spacial score (nSPS) is 15.4. The molecule has 4 rings (SSSR count). The lowest BCUT2D eigenvalue weighted by Gasteiger charge is -2.31. The zero-order valence-corrected chi connectivity index (χ0v) is 14.0. The summed E-state index contributed by atoms with van der Waals surface area (Å²) < 4.78 is 0. The lowest BCUT2D eigenvalue weighted by atomic mass is 9.89. The first kappa shape index (κ1) is 15.7. The molecule has 5 heteroatoms. The number of benzene rings is 1. The quantitative estimate of drug-likeness (QED) is 0.739. The van der Waals surface area contributed by atoms with Crippen LogP contribution in [-0.2, 0) is 6.42 Å². The van der Waals surface area contributed by atoms with E-state index < -0.39 is 0 Å². The van der Waals surface area contributed by atoms with E-state index >= 15 is 0 Å². The predicted molar refractivity (Wildman–Crippen MR) is 96.1 cm³/mol. The average molecular weight is 332 g/mol. The van der Waals surface area contributed by atoms with Gasteiger partial charge in [-0.2, -0.15) is 5.10 Å². The number of likely N-dealkylation sites (tertiary alicyclic amines) is 1. The standard InChI is InChI=1S/C20H20N4O/c25-20(18-7-3-11-22-23-18)24-12-8-15(9-13-24)14-17-5-1-4-16-6-2-10-21-19(16)17/h1-7,10-11,15H,8-9,12-14H2. The largest absolute Gasteiger partial charge is 0.337 e. The summed E-state index contributed by atoms with van der Waals surface area (Å²) in [7, 11) is 0. The van der Waals surface area contributed by atoms with E-state index in [9.17, 15) is 4.79 Å². The van der Waals surface area contributed by atoms with Crippen molar-refractivity contribution in [2.45, 2.75) is 19.3 Å². The molecular weight excluding hydrogens is 312 g/mol. The maximum absolute atomic E-state index is 12.5. The number of pyridine rings is 1. The first-order chi connectivity index (χ1) is 12.3. The van der Waals surface area contributed by atoms with Gasteiger partial charge in [0.1, 0.15) is 0 Å². The molecule has 1 aliphatic rings. The van der Waals surface area contributed by atoms with Crippen molar-refractivity contribution in [2.75, 3.05) is 13.1 Å². The fourth-order valence-electron chi connectivity index (χ4n) is 3.56. The van der Waals surface area contributed by atoms with Crippen LogP contribution in [0, 0.1) is 5.92 Å². The van der Waals surface area contributed by atoms with E-state index in [2.05, 4.69) is 39.4 Å². The van der Waals surface area contributed by atoms with Gasteiger partial charge in [-0.1, -0.05) is 24.3 Å². The molecule has 0 N–H and O–H groups in total. The van der Waals surface area contributed by atoms with Crippen LogP contribution in [0.25, 0.3) is 10.9 Å². The van der Waals surface area contributed by atoms with E-state index in [4.69, 9.17) is 0 Å². The maximum atomic E-state index is 12.5. The number of amides is 1. The van der Waals surface area contributed by atoms with Crippen molar-refractivity contribution in [3.63, 3.8) is 0 Å². The summed E-state index contributed by atoms with van der Waals surface area (Å²) in [6.07, 6.45) is 6.47. The minimum Gasteiger partial charge on any atom is -0.337 e. The van der Waals surface area contributed by atoms with Gasteiger partial charge in [-0.15, -0.1) is 5.10 Å². The summed E-state index contributed by atoms with van der Waals surface area (Å²) in [5.41, 5.74) is 2.83. The highest BCUT2D eigenvalue weighted by molar-refractivity contribution is 5.92. The third-order valence-electron chi connectivity index (χ3n) is 4.92. The molecule has 1 saturated heterocycles. The fourth-order valence-corrected chi connectivity index (χ4v) is 3.56. The molecule has 1 fully saturated rings. The highest BCUT2D eigenvalue weighted by Gasteiger charge is 2.25. The first-order valence-corrected chi connectivity index (χ1v) is 8.71. The lowest BCUT2D eigenvalue weighted by molar-refractivity contribution is 0.0683. The van der Waals surface area contributed by atoms with Gasteiger partial charge in [0, 0.05) is 30.9 Å². The van der Waals surface area contributed by atoms with Gasteiger partial charge < -0.3 is 4.90 Å². The van der Waals surface area contributed by atoms with Crippen LogP contribution in [0.5, 0.6) is 0 Å². The van der Waals surface area contributed by atoms with Gasteiger partial charge in [0.05, 0.1) is 5.52 Å². The molecule has 1 amide bonds. The molecule has 5 nitrogen and oxygen atoms in total. The molecular formula is C20H20N4O. The Balaban J connectivity index is 1.41. The highest BCUT2D eigenvalue weighted by atomic mass is 16.2. The molecule has 3 aromatic rings. The SMILES string of the molecule is O=C(c1cccnn1)N1CCC(Cc2cccc3cccnc23)CC1. The third kappa shape index (κ3) is 3.36. The van der Waals surface area contributed by atoms with Crippen LogP contribution in [-0.4, -0.2) is 39.1 Å². The Kier molecular flexibility index (Phi) is 4.37. The van der Waals surface area contributed by atoms with Gasteiger partial charge in [-0.05, 0) is 48.9 Å². The number of fused-ring (bicyclic) bond motifs is 1. The summed E-state index contributed by atoms with van der Waals surface area (Å²) in [6, 6.07) is 13.9. The van der Waals surface area contributed by atoms with Crippen LogP contribution >= 0.6 is 0 Å². The first-order valence-electron chi connectivity index (χ1n) is 8.71. The van der Waals surface area contributed by atoms with Crippen molar-refractivity contribution < 1.29 is 4.79 Å². The topological polar surface area (TPSA) is 59.0 Å². The highest BCUT2D eigenvalue weighted by Crippen LogP contribution is 2.25. The van der Waals surface area contributed by atoms with E-state index in [0.717, 1.165) is 37.9 Å². The number of nitrogens with zero attached hydrogens (tertiary/aromatic N) is 4. The Labute approximate surface area is 146 Å². The predicted octanol–water partition coefficient (Wildman–Crippen LogP) is 3.12. The van der Waals surface area contributed by atoms with Gasteiger partial charge in [-0.3, -0.25) is 9.78 Å². The summed E-state index contributed by atoms with van der Waals surface area (Å²) in [5, 5.41) is 8.91. The van der Waals surface area contributed by atoms with Crippen molar-refractivity contribution >= 4 is 16.8 Å². The smallest absolute Gasteiger partial charge is 0.274 e. The molecule has 0 bridgehead atoms. The molecule has 126 valence electrons. The van der Waals surface area contributed by atoms with E-state index in [-0.39, 0.29) is 5.91 Å². The Morgan fingerprint density at radius 1 is 1.04 bits per heavy atom. The van der Waals surface area contributed by atoms with Gasteiger partial charge in [-0.25, -0.2) is 0 Å². The summed E-state index contributed by atoms with van der Waals surface area (Å²) in [4.78, 5) is 18.9. The van der Waals surface area contributed by atoms with Crippen molar-refractivity contribution in [2.24, 2.45) is 5.92 Å². The number of piperidine rings is 1. The van der Waals surface area contributed by atoms with Crippen LogP contribution in [0.1, 0.15) is 28.9 Å². The van der Waals surface area contributed by atoms with Crippen molar-refractivity contribution in [1.82, 2.24) is 20.1 Å². The lowest BCUT2D eigenvalue weighted by Crippen LogP contribution is -2.39. The maximum Gasteiger partial charge on any atom is 0.274 e. The molecule has 0 atom stereocenters.